The molecule has 0 fully saturated rings. The van der Waals surface area contributed by atoms with Crippen molar-refractivity contribution in [2.45, 2.75) is 66.0 Å². The van der Waals surface area contributed by atoms with Gasteiger partial charge in [-0.15, -0.1) is 15.3 Å². The topological polar surface area (TPSA) is 72.6 Å². The third-order valence-corrected chi connectivity index (χ3v) is 4.48. The van der Waals surface area contributed by atoms with Crippen LogP contribution in [-0.2, 0) is 19.4 Å². The Balaban J connectivity index is 1.93. The third kappa shape index (κ3) is 2.68. The van der Waals surface area contributed by atoms with E-state index in [1.54, 1.807) is 0 Å². The molecule has 124 valence electrons. The quantitative estimate of drug-likeness (QED) is 0.862. The highest BCUT2D eigenvalue weighted by Gasteiger charge is 2.30. The Morgan fingerprint density at radius 2 is 1.74 bits per heavy atom. The number of hydrogen-bond donors (Lipinski definition) is 0. The van der Waals surface area contributed by atoms with E-state index in [0.29, 0.717) is 11.9 Å². The Morgan fingerprint density at radius 1 is 1.00 bits per heavy atom. The summed E-state index contributed by atoms with van der Waals surface area (Å²) in [6, 6.07) is 0.0998. The molecule has 0 saturated carbocycles. The van der Waals surface area contributed by atoms with E-state index in [9.17, 15) is 0 Å². The SMILES string of the molecule is CCc1nnc(N2CCn3c(C(C)C)nnc3C2C)nc1CC. The maximum Gasteiger partial charge on any atom is 0.246 e. The first-order valence-electron chi connectivity index (χ1n) is 8.48. The maximum atomic E-state index is 4.75. The Kier molecular flexibility index (Phi) is 4.28. The van der Waals surface area contributed by atoms with Crippen LogP contribution < -0.4 is 4.90 Å². The monoisotopic (exact) mass is 315 g/mol. The largest absolute Gasteiger partial charge is 0.328 e. The fourth-order valence-corrected chi connectivity index (χ4v) is 3.16. The van der Waals surface area contributed by atoms with Gasteiger partial charge in [-0.3, -0.25) is 0 Å². The minimum absolute atomic E-state index is 0.0998. The first-order valence-corrected chi connectivity index (χ1v) is 8.48. The smallest absolute Gasteiger partial charge is 0.246 e. The third-order valence-electron chi connectivity index (χ3n) is 4.48. The molecule has 1 aliphatic heterocycles. The summed E-state index contributed by atoms with van der Waals surface area (Å²) in [5.74, 6) is 3.12. The molecule has 0 N–H and O–H groups in total. The summed E-state index contributed by atoms with van der Waals surface area (Å²) < 4.78 is 2.24. The normalized spacial score (nSPS) is 17.7. The van der Waals surface area contributed by atoms with Crippen LogP contribution in [0, 0.1) is 0 Å². The Morgan fingerprint density at radius 3 is 2.39 bits per heavy atom. The van der Waals surface area contributed by atoms with Crippen molar-refractivity contribution in [3.8, 4) is 0 Å². The molecule has 0 spiro atoms. The van der Waals surface area contributed by atoms with Crippen LogP contribution >= 0.6 is 0 Å². The van der Waals surface area contributed by atoms with Crippen LogP contribution in [0.1, 0.15) is 69.6 Å². The van der Waals surface area contributed by atoms with Crippen molar-refractivity contribution in [3.05, 3.63) is 23.0 Å². The van der Waals surface area contributed by atoms with Crippen LogP contribution in [-0.4, -0.2) is 36.5 Å². The molecular formula is C16H25N7. The highest BCUT2D eigenvalue weighted by molar-refractivity contribution is 5.35. The van der Waals surface area contributed by atoms with Crippen LogP contribution in [0.3, 0.4) is 0 Å². The summed E-state index contributed by atoms with van der Waals surface area (Å²) in [7, 11) is 0. The lowest BCUT2D eigenvalue weighted by Gasteiger charge is -2.33. The van der Waals surface area contributed by atoms with Gasteiger partial charge in [0.1, 0.15) is 5.82 Å². The van der Waals surface area contributed by atoms with Gasteiger partial charge in [-0.1, -0.05) is 27.7 Å². The van der Waals surface area contributed by atoms with Crippen molar-refractivity contribution in [2.75, 3.05) is 11.4 Å². The fourth-order valence-electron chi connectivity index (χ4n) is 3.16. The molecule has 2 aromatic rings. The zero-order valence-electron chi connectivity index (χ0n) is 14.6. The summed E-state index contributed by atoms with van der Waals surface area (Å²) >= 11 is 0. The molecule has 7 nitrogen and oxygen atoms in total. The fraction of sp³-hybridized carbons (Fsp3) is 0.688. The standard InChI is InChI=1S/C16H25N7/c1-6-12-13(7-2)18-21-16(17-12)22-8-9-23-14(10(3)4)19-20-15(23)11(22)5/h10-11H,6-9H2,1-5H3. The number of rotatable bonds is 4. The summed E-state index contributed by atoms with van der Waals surface area (Å²) in [6.45, 7) is 12.3. The molecule has 0 bridgehead atoms. The van der Waals surface area contributed by atoms with Crippen LogP contribution in [0.2, 0.25) is 0 Å². The highest BCUT2D eigenvalue weighted by atomic mass is 15.4. The predicted octanol–water partition coefficient (Wildman–Crippen LogP) is 2.29. The highest BCUT2D eigenvalue weighted by Crippen LogP contribution is 2.29. The summed E-state index contributed by atoms with van der Waals surface area (Å²) in [4.78, 5) is 6.93. The second kappa shape index (κ2) is 6.22. The van der Waals surface area contributed by atoms with E-state index in [1.807, 2.05) is 0 Å². The summed E-state index contributed by atoms with van der Waals surface area (Å²) in [5, 5.41) is 17.5. The Bertz CT molecular complexity index is 692. The number of anilines is 1. The molecule has 1 aliphatic rings. The van der Waals surface area contributed by atoms with Gasteiger partial charge >= 0.3 is 0 Å². The summed E-state index contributed by atoms with van der Waals surface area (Å²) in [6.07, 6.45) is 1.74. The van der Waals surface area contributed by atoms with Gasteiger partial charge in [-0.25, -0.2) is 4.98 Å². The number of aromatic nitrogens is 6. The van der Waals surface area contributed by atoms with Crippen LogP contribution in [0.15, 0.2) is 0 Å². The molecule has 1 unspecified atom stereocenters. The molecule has 0 saturated heterocycles. The predicted molar refractivity (Wildman–Crippen MR) is 88.5 cm³/mol. The van der Waals surface area contributed by atoms with Crippen molar-refractivity contribution >= 4 is 5.95 Å². The number of hydrogen-bond acceptors (Lipinski definition) is 6. The van der Waals surface area contributed by atoms with E-state index in [2.05, 4.69) is 64.5 Å². The van der Waals surface area contributed by atoms with Gasteiger partial charge in [-0.05, 0) is 19.8 Å². The second-order valence-corrected chi connectivity index (χ2v) is 6.30. The van der Waals surface area contributed by atoms with Crippen molar-refractivity contribution < 1.29 is 0 Å². The minimum atomic E-state index is 0.0998. The molecule has 1 atom stereocenters. The van der Waals surface area contributed by atoms with Crippen LogP contribution in [0.5, 0.6) is 0 Å². The van der Waals surface area contributed by atoms with E-state index in [0.717, 1.165) is 49.0 Å². The first-order chi connectivity index (χ1) is 11.1. The maximum absolute atomic E-state index is 4.75. The number of aryl methyl sites for hydroxylation is 2. The van der Waals surface area contributed by atoms with E-state index >= 15 is 0 Å². The van der Waals surface area contributed by atoms with E-state index < -0.39 is 0 Å². The van der Waals surface area contributed by atoms with Crippen LogP contribution in [0.25, 0.3) is 0 Å². The van der Waals surface area contributed by atoms with E-state index in [-0.39, 0.29) is 6.04 Å². The van der Waals surface area contributed by atoms with Gasteiger partial charge < -0.3 is 9.47 Å². The Labute approximate surface area is 137 Å². The van der Waals surface area contributed by atoms with E-state index in [1.165, 1.54) is 0 Å². The van der Waals surface area contributed by atoms with Gasteiger partial charge in [0.05, 0.1) is 17.4 Å². The van der Waals surface area contributed by atoms with Gasteiger partial charge in [0.2, 0.25) is 5.95 Å². The molecule has 7 heteroatoms. The van der Waals surface area contributed by atoms with Gasteiger partial charge in [0, 0.05) is 19.0 Å². The molecule has 0 amide bonds. The lowest BCUT2D eigenvalue weighted by molar-refractivity contribution is 0.470. The molecular weight excluding hydrogens is 290 g/mol. The molecule has 0 radical (unpaired) electrons. The molecule has 3 rings (SSSR count). The zero-order valence-corrected chi connectivity index (χ0v) is 14.6. The lowest BCUT2D eigenvalue weighted by Crippen LogP contribution is -2.39. The first kappa shape index (κ1) is 15.8. The number of nitrogens with zero attached hydrogens (tertiary/aromatic N) is 7. The average Bonchev–Trinajstić information content (AvgIpc) is 2.99. The van der Waals surface area contributed by atoms with Gasteiger partial charge in [-0.2, -0.15) is 5.10 Å². The average molecular weight is 315 g/mol. The van der Waals surface area contributed by atoms with Crippen molar-refractivity contribution in [1.29, 1.82) is 0 Å². The van der Waals surface area contributed by atoms with Crippen molar-refractivity contribution in [1.82, 2.24) is 29.9 Å². The van der Waals surface area contributed by atoms with Crippen molar-refractivity contribution in [2.24, 2.45) is 0 Å². The van der Waals surface area contributed by atoms with Crippen LogP contribution in [0.4, 0.5) is 5.95 Å². The molecule has 2 aromatic heterocycles. The summed E-state index contributed by atoms with van der Waals surface area (Å²) in [5.41, 5.74) is 2.03. The zero-order chi connectivity index (χ0) is 16.6. The van der Waals surface area contributed by atoms with Gasteiger partial charge in [0.15, 0.2) is 5.82 Å². The molecule has 0 aromatic carbocycles. The van der Waals surface area contributed by atoms with Gasteiger partial charge in [0.25, 0.3) is 0 Å². The molecule has 23 heavy (non-hydrogen) atoms. The number of fused-ring (bicyclic) bond motifs is 1. The minimum Gasteiger partial charge on any atom is -0.328 e. The van der Waals surface area contributed by atoms with Crippen molar-refractivity contribution in [3.63, 3.8) is 0 Å². The molecule has 3 heterocycles. The second-order valence-electron chi connectivity index (χ2n) is 6.30. The lowest BCUT2D eigenvalue weighted by atomic mass is 10.1. The van der Waals surface area contributed by atoms with E-state index in [4.69, 9.17) is 4.98 Å². The Hall–Kier alpha value is -2.05. The molecule has 0 aliphatic carbocycles.